The van der Waals surface area contributed by atoms with Gasteiger partial charge in [-0.1, -0.05) is 0 Å². The molecule has 0 aliphatic heterocycles. The van der Waals surface area contributed by atoms with Crippen molar-refractivity contribution in [3.8, 4) is 0 Å². The summed E-state index contributed by atoms with van der Waals surface area (Å²) in [5.41, 5.74) is 0. The Kier molecular flexibility index (Phi) is 2.16. The molecule has 0 atom stereocenters. The van der Waals surface area contributed by atoms with Crippen molar-refractivity contribution < 1.29 is 0 Å². The Morgan fingerprint density at radius 1 is 1.78 bits per heavy atom. The number of hydrogen-bond acceptors (Lipinski definition) is 2. The van der Waals surface area contributed by atoms with Gasteiger partial charge in [-0.2, -0.15) is 12.6 Å². The first-order valence-electron chi connectivity index (χ1n) is 2.91. The molecule has 0 saturated carbocycles. The van der Waals surface area contributed by atoms with E-state index < -0.39 is 0 Å². The summed E-state index contributed by atoms with van der Waals surface area (Å²) >= 11 is 4.10. The summed E-state index contributed by atoms with van der Waals surface area (Å²) in [4.78, 5) is 4.12. The molecular weight excluding hydrogens is 132 g/mol. The van der Waals surface area contributed by atoms with Crippen LogP contribution in [0.3, 0.4) is 0 Å². The van der Waals surface area contributed by atoms with Crippen LogP contribution in [0.4, 0.5) is 0 Å². The van der Waals surface area contributed by atoms with Gasteiger partial charge in [-0.3, -0.25) is 0 Å². The lowest BCUT2D eigenvalue weighted by Gasteiger charge is -1.95. The van der Waals surface area contributed by atoms with Gasteiger partial charge >= 0.3 is 0 Å². The van der Waals surface area contributed by atoms with Crippen LogP contribution in [0.2, 0.25) is 0 Å². The molecule has 1 aromatic rings. The molecule has 0 aliphatic carbocycles. The van der Waals surface area contributed by atoms with Crippen LogP contribution in [-0.2, 0) is 13.5 Å². The van der Waals surface area contributed by atoms with Gasteiger partial charge in [-0.15, -0.1) is 0 Å². The fourth-order valence-electron chi connectivity index (χ4n) is 0.737. The second-order valence-electron chi connectivity index (χ2n) is 1.93. The lowest BCUT2D eigenvalue weighted by atomic mass is 10.4. The Hall–Kier alpha value is -0.440. The molecule has 0 aromatic carbocycles. The Labute approximate surface area is 60.3 Å². The van der Waals surface area contributed by atoms with E-state index in [9.17, 15) is 0 Å². The van der Waals surface area contributed by atoms with Gasteiger partial charge in [0.15, 0.2) is 0 Å². The summed E-state index contributed by atoms with van der Waals surface area (Å²) in [6.07, 6.45) is 4.70. The fourth-order valence-corrected chi connectivity index (χ4v) is 0.937. The SMILES string of the molecule is Cn1ccnc1CCS. The second kappa shape index (κ2) is 2.92. The number of nitrogens with zero attached hydrogens (tertiary/aromatic N) is 2. The van der Waals surface area contributed by atoms with Gasteiger partial charge in [0.05, 0.1) is 0 Å². The molecular formula is C6H10N2S. The molecule has 9 heavy (non-hydrogen) atoms. The highest BCUT2D eigenvalue weighted by molar-refractivity contribution is 7.80. The van der Waals surface area contributed by atoms with Crippen molar-refractivity contribution in [2.75, 3.05) is 5.75 Å². The largest absolute Gasteiger partial charge is 0.338 e. The smallest absolute Gasteiger partial charge is 0.109 e. The number of imidazole rings is 1. The standard InChI is InChI=1S/C6H10N2S/c1-8-4-3-7-6(8)2-5-9/h3-4,9H,2,5H2,1H3. The fraction of sp³-hybridized carbons (Fsp3) is 0.500. The van der Waals surface area contributed by atoms with Gasteiger partial charge in [0.1, 0.15) is 5.82 Å². The van der Waals surface area contributed by atoms with Gasteiger partial charge in [0, 0.05) is 25.9 Å². The zero-order valence-electron chi connectivity index (χ0n) is 5.41. The van der Waals surface area contributed by atoms with Gasteiger partial charge in [0.25, 0.3) is 0 Å². The van der Waals surface area contributed by atoms with Crippen LogP contribution >= 0.6 is 12.6 Å². The van der Waals surface area contributed by atoms with Crippen molar-refractivity contribution in [3.63, 3.8) is 0 Å². The summed E-state index contributed by atoms with van der Waals surface area (Å²) in [5.74, 6) is 1.97. The summed E-state index contributed by atoms with van der Waals surface area (Å²) in [6, 6.07) is 0. The van der Waals surface area contributed by atoms with E-state index in [0.717, 1.165) is 18.0 Å². The molecule has 3 heteroatoms. The average Bonchev–Trinajstić information content (AvgIpc) is 2.18. The molecule has 2 nitrogen and oxygen atoms in total. The molecule has 0 fully saturated rings. The minimum atomic E-state index is 0.866. The zero-order valence-corrected chi connectivity index (χ0v) is 6.30. The number of aromatic nitrogens is 2. The first-order valence-corrected chi connectivity index (χ1v) is 3.55. The number of rotatable bonds is 2. The van der Waals surface area contributed by atoms with Crippen LogP contribution in [-0.4, -0.2) is 15.3 Å². The molecule has 0 saturated heterocycles. The molecule has 0 amide bonds. The Morgan fingerprint density at radius 3 is 3.00 bits per heavy atom. The van der Waals surface area contributed by atoms with Gasteiger partial charge in [-0.05, 0) is 5.75 Å². The maximum Gasteiger partial charge on any atom is 0.109 e. The molecule has 1 heterocycles. The molecule has 1 aromatic heterocycles. The highest BCUT2D eigenvalue weighted by atomic mass is 32.1. The second-order valence-corrected chi connectivity index (χ2v) is 2.38. The minimum Gasteiger partial charge on any atom is -0.338 e. The maximum atomic E-state index is 4.12. The molecule has 0 aliphatic rings. The van der Waals surface area contributed by atoms with Crippen LogP contribution in [0, 0.1) is 0 Å². The third-order valence-corrected chi connectivity index (χ3v) is 1.48. The van der Waals surface area contributed by atoms with E-state index in [0.29, 0.717) is 0 Å². The lowest BCUT2D eigenvalue weighted by molar-refractivity contribution is 0.812. The average molecular weight is 142 g/mol. The van der Waals surface area contributed by atoms with Crippen molar-refractivity contribution in [2.24, 2.45) is 7.05 Å². The van der Waals surface area contributed by atoms with Crippen LogP contribution < -0.4 is 0 Å². The normalized spacial score (nSPS) is 10.0. The van der Waals surface area contributed by atoms with Crippen LogP contribution in [0.1, 0.15) is 5.82 Å². The first kappa shape index (κ1) is 6.68. The van der Waals surface area contributed by atoms with Crippen LogP contribution in [0.15, 0.2) is 12.4 Å². The van der Waals surface area contributed by atoms with E-state index in [1.54, 1.807) is 6.20 Å². The number of aryl methyl sites for hydroxylation is 2. The predicted molar refractivity (Wildman–Crippen MR) is 40.8 cm³/mol. The molecule has 1 rings (SSSR count). The quantitative estimate of drug-likeness (QED) is 0.607. The van der Waals surface area contributed by atoms with E-state index in [2.05, 4.69) is 17.6 Å². The van der Waals surface area contributed by atoms with E-state index in [1.807, 2.05) is 17.8 Å². The third-order valence-electron chi connectivity index (χ3n) is 1.26. The van der Waals surface area contributed by atoms with E-state index >= 15 is 0 Å². The van der Waals surface area contributed by atoms with Crippen molar-refractivity contribution in [2.45, 2.75) is 6.42 Å². The van der Waals surface area contributed by atoms with Crippen LogP contribution in [0.25, 0.3) is 0 Å². The van der Waals surface area contributed by atoms with Crippen LogP contribution in [0.5, 0.6) is 0 Å². The Morgan fingerprint density at radius 2 is 2.56 bits per heavy atom. The van der Waals surface area contributed by atoms with Crippen molar-refractivity contribution >= 4 is 12.6 Å². The molecule has 0 spiro atoms. The minimum absolute atomic E-state index is 0.866. The summed E-state index contributed by atoms with van der Waals surface area (Å²) in [7, 11) is 1.99. The van der Waals surface area contributed by atoms with E-state index in [4.69, 9.17) is 0 Å². The van der Waals surface area contributed by atoms with Gasteiger partial charge in [0.2, 0.25) is 0 Å². The van der Waals surface area contributed by atoms with Gasteiger partial charge in [-0.25, -0.2) is 4.98 Å². The maximum absolute atomic E-state index is 4.12. The van der Waals surface area contributed by atoms with Gasteiger partial charge < -0.3 is 4.57 Å². The highest BCUT2D eigenvalue weighted by Crippen LogP contribution is 1.95. The topological polar surface area (TPSA) is 17.8 Å². The molecule has 0 bridgehead atoms. The number of thiol groups is 1. The first-order chi connectivity index (χ1) is 4.34. The summed E-state index contributed by atoms with van der Waals surface area (Å²) in [6.45, 7) is 0. The van der Waals surface area contributed by atoms with Crippen molar-refractivity contribution in [1.29, 1.82) is 0 Å². The molecule has 0 unspecified atom stereocenters. The summed E-state index contributed by atoms with van der Waals surface area (Å²) in [5, 5.41) is 0. The monoisotopic (exact) mass is 142 g/mol. The summed E-state index contributed by atoms with van der Waals surface area (Å²) < 4.78 is 2.01. The number of hydrogen-bond donors (Lipinski definition) is 1. The lowest BCUT2D eigenvalue weighted by Crippen LogP contribution is -1.97. The highest BCUT2D eigenvalue weighted by Gasteiger charge is 1.94. The Balaban J connectivity index is 2.69. The zero-order chi connectivity index (χ0) is 6.69. The van der Waals surface area contributed by atoms with Crippen molar-refractivity contribution in [3.05, 3.63) is 18.2 Å². The molecule has 0 radical (unpaired) electrons. The molecule has 50 valence electrons. The predicted octanol–water partition coefficient (Wildman–Crippen LogP) is 0.892. The van der Waals surface area contributed by atoms with E-state index in [-0.39, 0.29) is 0 Å². The molecule has 0 N–H and O–H groups in total. The van der Waals surface area contributed by atoms with E-state index in [1.165, 1.54) is 0 Å². The Bertz CT molecular complexity index is 183. The third kappa shape index (κ3) is 1.48. The van der Waals surface area contributed by atoms with Crippen molar-refractivity contribution in [1.82, 2.24) is 9.55 Å².